The zero-order chi connectivity index (χ0) is 34.4. The Morgan fingerprint density at radius 2 is 1.71 bits per heavy atom. The number of alkyl carbamates (subject to hydrolysis) is 1. The molecule has 4 aromatic rings. The fraction of sp³-hybridized carbons (Fsp3) is 0.378. The van der Waals surface area contributed by atoms with Gasteiger partial charge in [0, 0.05) is 30.0 Å². The van der Waals surface area contributed by atoms with E-state index < -0.39 is 23.7 Å². The van der Waals surface area contributed by atoms with Crippen LogP contribution in [0.25, 0.3) is 22.0 Å². The quantitative estimate of drug-likeness (QED) is 0.135. The summed E-state index contributed by atoms with van der Waals surface area (Å²) in [5.41, 5.74) is 4.58. The predicted molar refractivity (Wildman–Crippen MR) is 184 cm³/mol. The Bertz CT molecular complexity index is 1780. The number of rotatable bonds is 10. The number of benzene rings is 3. The lowest BCUT2D eigenvalue weighted by Gasteiger charge is -2.29. The van der Waals surface area contributed by atoms with Gasteiger partial charge >= 0.3 is 12.1 Å². The van der Waals surface area contributed by atoms with Crippen molar-refractivity contribution in [2.75, 3.05) is 11.9 Å². The van der Waals surface area contributed by atoms with Gasteiger partial charge in [0.15, 0.2) is 0 Å². The number of aromatic nitrogens is 2. The van der Waals surface area contributed by atoms with E-state index in [0.29, 0.717) is 25.1 Å². The van der Waals surface area contributed by atoms with Gasteiger partial charge in [-0.3, -0.25) is 14.7 Å². The summed E-state index contributed by atoms with van der Waals surface area (Å²) in [6, 6.07) is 17.4. The van der Waals surface area contributed by atoms with E-state index in [1.807, 2.05) is 58.0 Å². The number of hydrogen-bond donors (Lipinski definition) is 5. The van der Waals surface area contributed by atoms with Crippen LogP contribution in [0.2, 0.25) is 0 Å². The highest BCUT2D eigenvalue weighted by molar-refractivity contribution is 5.99. The molecule has 0 unspecified atom stereocenters. The molecule has 1 heterocycles. The number of fused-ring (bicyclic) bond motifs is 1. The van der Waals surface area contributed by atoms with Crippen LogP contribution < -0.4 is 16.0 Å². The van der Waals surface area contributed by atoms with E-state index in [1.54, 1.807) is 36.5 Å². The molecule has 0 aliphatic heterocycles. The molecule has 252 valence electrons. The van der Waals surface area contributed by atoms with E-state index in [9.17, 15) is 24.3 Å². The highest BCUT2D eigenvalue weighted by Crippen LogP contribution is 2.29. The number of nitrogens with zero attached hydrogens (tertiary/aromatic N) is 1. The van der Waals surface area contributed by atoms with Crippen LogP contribution in [0.1, 0.15) is 67.9 Å². The smallest absolute Gasteiger partial charge is 0.407 e. The number of amides is 3. The minimum absolute atomic E-state index is 0.163. The first-order valence-corrected chi connectivity index (χ1v) is 16.3. The summed E-state index contributed by atoms with van der Waals surface area (Å²) < 4.78 is 5.33. The van der Waals surface area contributed by atoms with E-state index >= 15 is 0 Å². The maximum atomic E-state index is 13.7. The van der Waals surface area contributed by atoms with Crippen LogP contribution in [0, 0.1) is 18.8 Å². The second-order valence-electron chi connectivity index (χ2n) is 13.6. The third kappa shape index (κ3) is 8.99. The SMILES string of the molecule is Cc1cc(C(=O)O)ccc1-c1ccc(C[C@H](NC(=O)[C@H]2CC[C@H](CNC(=O)OC(C)(C)C)CC2)C(=O)Nc2ccc3cn[nH]c3c2)cc1. The number of carboxylic acid groups (broad SMARTS) is 1. The topological polar surface area (TPSA) is 163 Å². The first kappa shape index (κ1) is 34.2. The van der Waals surface area contributed by atoms with Gasteiger partial charge in [-0.05, 0) is 112 Å². The third-order valence-electron chi connectivity index (χ3n) is 8.67. The molecular formula is C37H43N5O6. The summed E-state index contributed by atoms with van der Waals surface area (Å²) in [5.74, 6) is -1.46. The lowest BCUT2D eigenvalue weighted by Crippen LogP contribution is -2.48. The fourth-order valence-electron chi connectivity index (χ4n) is 6.09. The van der Waals surface area contributed by atoms with Gasteiger partial charge in [0.1, 0.15) is 11.6 Å². The molecule has 1 saturated carbocycles. The highest BCUT2D eigenvalue weighted by Gasteiger charge is 2.30. The van der Waals surface area contributed by atoms with Crippen LogP contribution >= 0.6 is 0 Å². The first-order valence-electron chi connectivity index (χ1n) is 16.3. The normalized spacial score (nSPS) is 16.9. The Kier molecular flexibility index (Phi) is 10.5. The van der Waals surface area contributed by atoms with Crippen molar-refractivity contribution >= 4 is 40.5 Å². The number of ether oxygens (including phenoxy) is 1. The molecule has 0 spiro atoms. The standard InChI is InChI=1S/C37H43N5O6/c1-22-17-27(35(45)46)14-16-30(22)25-9-5-23(6-10-25)18-32(34(44)40-29-15-13-28-21-39-42-31(28)19-29)41-33(43)26-11-7-24(8-12-26)20-38-36(47)48-37(2,3)4/h5-6,9-10,13-17,19,21,24,26,32H,7-8,11-12,18,20H2,1-4H3,(H,38,47)(H,39,42)(H,40,44)(H,41,43)(H,45,46)/t24-,26-,32-/m0/s1. The predicted octanol–water partition coefficient (Wildman–Crippen LogP) is 6.23. The van der Waals surface area contributed by atoms with Gasteiger partial charge in [0.2, 0.25) is 11.8 Å². The summed E-state index contributed by atoms with van der Waals surface area (Å²) in [5, 5.41) is 26.0. The number of hydrogen-bond acceptors (Lipinski definition) is 6. The maximum absolute atomic E-state index is 13.7. The van der Waals surface area contributed by atoms with Crippen LogP contribution in [-0.2, 0) is 20.7 Å². The lowest BCUT2D eigenvalue weighted by molar-refractivity contribution is -0.130. The number of nitrogens with one attached hydrogen (secondary N) is 4. The second kappa shape index (κ2) is 14.7. The van der Waals surface area contributed by atoms with Crippen molar-refractivity contribution in [1.82, 2.24) is 20.8 Å². The molecular weight excluding hydrogens is 610 g/mol. The number of anilines is 1. The van der Waals surface area contributed by atoms with Gasteiger partial charge in [0.05, 0.1) is 17.3 Å². The Balaban J connectivity index is 1.25. The molecule has 1 atom stereocenters. The molecule has 1 aliphatic rings. The zero-order valence-corrected chi connectivity index (χ0v) is 27.8. The number of carbonyl (C=O) groups is 4. The van der Waals surface area contributed by atoms with Gasteiger partial charge in [-0.15, -0.1) is 0 Å². The maximum Gasteiger partial charge on any atom is 0.407 e. The molecule has 5 rings (SSSR count). The Hall–Kier alpha value is -5.19. The van der Waals surface area contributed by atoms with Crippen molar-refractivity contribution < 1.29 is 29.0 Å². The van der Waals surface area contributed by atoms with Gasteiger partial charge < -0.3 is 25.8 Å². The van der Waals surface area contributed by atoms with E-state index in [4.69, 9.17) is 4.74 Å². The number of carbonyl (C=O) groups excluding carboxylic acids is 3. The van der Waals surface area contributed by atoms with Gasteiger partial charge in [-0.1, -0.05) is 30.3 Å². The molecule has 1 aromatic heterocycles. The average Bonchev–Trinajstić information content (AvgIpc) is 3.51. The number of carboxylic acids is 1. The van der Waals surface area contributed by atoms with Crippen LogP contribution in [0.15, 0.2) is 66.9 Å². The number of aryl methyl sites for hydroxylation is 1. The van der Waals surface area contributed by atoms with Crippen LogP contribution in [-0.4, -0.2) is 57.4 Å². The minimum atomic E-state index is -0.973. The Labute approximate surface area is 279 Å². The molecule has 0 saturated heterocycles. The molecule has 48 heavy (non-hydrogen) atoms. The minimum Gasteiger partial charge on any atom is -0.478 e. The molecule has 11 nitrogen and oxygen atoms in total. The molecule has 11 heteroatoms. The van der Waals surface area contributed by atoms with Crippen LogP contribution in [0.4, 0.5) is 10.5 Å². The van der Waals surface area contributed by atoms with Gasteiger partial charge in [-0.25, -0.2) is 9.59 Å². The van der Waals surface area contributed by atoms with E-state index in [1.165, 1.54) is 0 Å². The van der Waals surface area contributed by atoms with Crippen LogP contribution in [0.5, 0.6) is 0 Å². The summed E-state index contributed by atoms with van der Waals surface area (Å²) in [6.07, 6.45) is 4.42. The number of aromatic carboxylic acids is 1. The largest absolute Gasteiger partial charge is 0.478 e. The zero-order valence-electron chi connectivity index (χ0n) is 27.8. The molecule has 3 aromatic carbocycles. The van der Waals surface area contributed by atoms with Crippen LogP contribution in [0.3, 0.4) is 0 Å². The summed E-state index contributed by atoms with van der Waals surface area (Å²) >= 11 is 0. The lowest BCUT2D eigenvalue weighted by atomic mass is 9.81. The number of aromatic amines is 1. The average molecular weight is 654 g/mol. The van der Waals surface area contributed by atoms with Crippen molar-refractivity contribution in [3.05, 3.63) is 83.6 Å². The fourth-order valence-corrected chi connectivity index (χ4v) is 6.09. The molecule has 0 bridgehead atoms. The molecule has 5 N–H and O–H groups in total. The van der Waals surface area contributed by atoms with Crippen molar-refractivity contribution in [2.24, 2.45) is 11.8 Å². The van der Waals surface area contributed by atoms with E-state index in [-0.39, 0.29) is 35.6 Å². The Morgan fingerprint density at radius 1 is 0.979 bits per heavy atom. The van der Waals surface area contributed by atoms with Crippen molar-refractivity contribution in [1.29, 1.82) is 0 Å². The third-order valence-corrected chi connectivity index (χ3v) is 8.67. The Morgan fingerprint density at radius 3 is 2.38 bits per heavy atom. The molecule has 0 radical (unpaired) electrons. The van der Waals surface area contributed by atoms with E-state index in [2.05, 4.69) is 26.1 Å². The molecule has 1 fully saturated rings. The summed E-state index contributed by atoms with van der Waals surface area (Å²) in [7, 11) is 0. The molecule has 3 amide bonds. The molecule has 1 aliphatic carbocycles. The van der Waals surface area contributed by atoms with E-state index in [0.717, 1.165) is 46.0 Å². The highest BCUT2D eigenvalue weighted by atomic mass is 16.6. The summed E-state index contributed by atoms with van der Waals surface area (Å²) in [6.45, 7) is 7.83. The summed E-state index contributed by atoms with van der Waals surface area (Å²) in [4.78, 5) is 50.6. The van der Waals surface area contributed by atoms with Gasteiger partial charge in [0.25, 0.3) is 0 Å². The van der Waals surface area contributed by atoms with Crippen molar-refractivity contribution in [3.8, 4) is 11.1 Å². The van der Waals surface area contributed by atoms with Gasteiger partial charge in [-0.2, -0.15) is 5.10 Å². The monoisotopic (exact) mass is 653 g/mol. The first-order chi connectivity index (χ1) is 22.8. The number of H-pyrrole nitrogens is 1. The second-order valence-corrected chi connectivity index (χ2v) is 13.6. The van der Waals surface area contributed by atoms with Crippen molar-refractivity contribution in [3.63, 3.8) is 0 Å². The van der Waals surface area contributed by atoms with Crippen molar-refractivity contribution in [2.45, 2.75) is 71.4 Å².